The number of esters is 1. The van der Waals surface area contributed by atoms with Crippen LogP contribution < -0.4 is 0 Å². The van der Waals surface area contributed by atoms with Crippen molar-refractivity contribution in [3.05, 3.63) is 11.4 Å². The Morgan fingerprint density at radius 3 is 2.95 bits per heavy atom. The van der Waals surface area contributed by atoms with E-state index in [9.17, 15) is 4.79 Å². The van der Waals surface area contributed by atoms with E-state index >= 15 is 0 Å². The lowest BCUT2D eigenvalue weighted by atomic mass is 10.1. The van der Waals surface area contributed by atoms with Gasteiger partial charge in [0.2, 0.25) is 0 Å². The molecule has 1 aliphatic heterocycles. The van der Waals surface area contributed by atoms with Crippen LogP contribution in [0.1, 0.15) is 43.4 Å². The predicted octanol–water partition coefficient (Wildman–Crippen LogP) is 1.69. The van der Waals surface area contributed by atoms with Crippen LogP contribution in [-0.4, -0.2) is 40.8 Å². The quantitative estimate of drug-likeness (QED) is 0.742. The molecule has 0 amide bonds. The summed E-state index contributed by atoms with van der Waals surface area (Å²) in [6, 6.07) is 0. The Hall–Kier alpha value is -1.43. The van der Waals surface area contributed by atoms with Gasteiger partial charge in [-0.05, 0) is 25.7 Å². The van der Waals surface area contributed by atoms with Crippen molar-refractivity contribution in [2.45, 2.75) is 40.2 Å². The van der Waals surface area contributed by atoms with Gasteiger partial charge in [0, 0.05) is 19.1 Å². The second kappa shape index (κ2) is 6.83. The number of hydrogen-bond donors (Lipinski definition) is 0. The fourth-order valence-corrected chi connectivity index (χ4v) is 2.40. The fraction of sp³-hybridized carbons (Fsp3) is 0.786. The van der Waals surface area contributed by atoms with E-state index in [-0.39, 0.29) is 5.97 Å². The molecule has 0 aromatic carbocycles. The number of carbonyl (C=O) groups is 1. The summed E-state index contributed by atoms with van der Waals surface area (Å²) in [7, 11) is 0. The molecule has 6 nitrogen and oxygen atoms in total. The molecule has 0 saturated carbocycles. The molecule has 0 N–H and O–H groups in total. The number of nitrogens with zero attached hydrogens (tertiary/aromatic N) is 3. The molecule has 1 atom stereocenters. The maximum atomic E-state index is 11.9. The molecule has 0 radical (unpaired) electrons. The molecule has 1 unspecified atom stereocenters. The van der Waals surface area contributed by atoms with Crippen molar-refractivity contribution in [2.75, 3.05) is 19.8 Å². The molecule has 1 aliphatic rings. The lowest BCUT2D eigenvalue weighted by Crippen LogP contribution is -2.17. The van der Waals surface area contributed by atoms with E-state index in [4.69, 9.17) is 9.47 Å². The SMILES string of the molecule is CCOC(=O)c1nnn(CC2CCOC2)c1CC(C)C. The highest BCUT2D eigenvalue weighted by Crippen LogP contribution is 2.18. The minimum Gasteiger partial charge on any atom is -0.461 e. The zero-order valence-electron chi connectivity index (χ0n) is 12.5. The van der Waals surface area contributed by atoms with Gasteiger partial charge in [-0.25, -0.2) is 9.48 Å². The predicted molar refractivity (Wildman–Crippen MR) is 73.4 cm³/mol. The van der Waals surface area contributed by atoms with Crippen molar-refractivity contribution in [2.24, 2.45) is 11.8 Å². The molecule has 1 saturated heterocycles. The third-order valence-corrected chi connectivity index (χ3v) is 3.36. The van der Waals surface area contributed by atoms with E-state index in [1.807, 2.05) is 4.68 Å². The first-order valence-corrected chi connectivity index (χ1v) is 7.29. The molecule has 112 valence electrons. The third kappa shape index (κ3) is 3.56. The maximum absolute atomic E-state index is 11.9. The van der Waals surface area contributed by atoms with Crippen LogP contribution in [0.25, 0.3) is 0 Å². The molecule has 0 aliphatic carbocycles. The summed E-state index contributed by atoms with van der Waals surface area (Å²) in [5, 5.41) is 8.17. The maximum Gasteiger partial charge on any atom is 0.360 e. The van der Waals surface area contributed by atoms with Gasteiger partial charge in [-0.2, -0.15) is 0 Å². The highest BCUT2D eigenvalue weighted by atomic mass is 16.5. The van der Waals surface area contributed by atoms with E-state index in [0.29, 0.717) is 24.1 Å². The Kier molecular flexibility index (Phi) is 5.11. The normalized spacial score (nSPS) is 18.7. The first-order valence-electron chi connectivity index (χ1n) is 7.29. The zero-order chi connectivity index (χ0) is 14.5. The van der Waals surface area contributed by atoms with Crippen LogP contribution >= 0.6 is 0 Å². The molecular weight excluding hydrogens is 258 g/mol. The van der Waals surface area contributed by atoms with Gasteiger partial charge in [-0.3, -0.25) is 0 Å². The summed E-state index contributed by atoms with van der Waals surface area (Å²) in [4.78, 5) is 11.9. The Labute approximate surface area is 119 Å². The van der Waals surface area contributed by atoms with Crippen LogP contribution in [0.5, 0.6) is 0 Å². The zero-order valence-corrected chi connectivity index (χ0v) is 12.5. The molecule has 6 heteroatoms. The first-order chi connectivity index (χ1) is 9.61. The summed E-state index contributed by atoms with van der Waals surface area (Å²) in [6.45, 7) is 8.70. The van der Waals surface area contributed by atoms with Crippen molar-refractivity contribution in [1.29, 1.82) is 0 Å². The monoisotopic (exact) mass is 281 g/mol. The van der Waals surface area contributed by atoms with Gasteiger partial charge in [0.05, 0.1) is 18.9 Å². The lowest BCUT2D eigenvalue weighted by Gasteiger charge is -2.12. The molecule has 2 heterocycles. The van der Waals surface area contributed by atoms with Crippen molar-refractivity contribution in [3.63, 3.8) is 0 Å². The van der Waals surface area contributed by atoms with Gasteiger partial charge in [0.1, 0.15) is 0 Å². The van der Waals surface area contributed by atoms with E-state index in [2.05, 4.69) is 24.2 Å². The van der Waals surface area contributed by atoms with Gasteiger partial charge >= 0.3 is 5.97 Å². The van der Waals surface area contributed by atoms with E-state index in [1.54, 1.807) is 6.92 Å². The standard InChI is InChI=1S/C14H23N3O3/c1-4-20-14(18)13-12(7-10(2)3)17(16-15-13)8-11-5-6-19-9-11/h10-11H,4-9H2,1-3H3. The molecule has 1 fully saturated rings. The Morgan fingerprint density at radius 1 is 1.55 bits per heavy atom. The summed E-state index contributed by atoms with van der Waals surface area (Å²) < 4.78 is 12.3. The lowest BCUT2D eigenvalue weighted by molar-refractivity contribution is 0.0517. The molecule has 2 rings (SSSR count). The highest BCUT2D eigenvalue weighted by Gasteiger charge is 2.24. The van der Waals surface area contributed by atoms with Crippen molar-refractivity contribution in [3.8, 4) is 0 Å². The second-order valence-corrected chi connectivity index (χ2v) is 5.61. The molecule has 1 aromatic rings. The van der Waals surface area contributed by atoms with Crippen LogP contribution in [0.2, 0.25) is 0 Å². The first kappa shape index (κ1) is 15.0. The van der Waals surface area contributed by atoms with Gasteiger partial charge < -0.3 is 9.47 Å². The summed E-state index contributed by atoms with van der Waals surface area (Å²) >= 11 is 0. The van der Waals surface area contributed by atoms with Crippen molar-refractivity contribution < 1.29 is 14.3 Å². The van der Waals surface area contributed by atoms with Gasteiger partial charge in [0.25, 0.3) is 0 Å². The molecule has 0 spiro atoms. The van der Waals surface area contributed by atoms with Crippen LogP contribution in [-0.2, 0) is 22.4 Å². The topological polar surface area (TPSA) is 66.2 Å². The van der Waals surface area contributed by atoms with Crippen LogP contribution in [0.4, 0.5) is 0 Å². The number of hydrogen-bond acceptors (Lipinski definition) is 5. The van der Waals surface area contributed by atoms with Gasteiger partial charge in [-0.15, -0.1) is 5.10 Å². The Bertz CT molecular complexity index is 451. The minimum absolute atomic E-state index is 0.350. The second-order valence-electron chi connectivity index (χ2n) is 5.61. The van der Waals surface area contributed by atoms with Crippen molar-refractivity contribution in [1.82, 2.24) is 15.0 Å². The number of aromatic nitrogens is 3. The Morgan fingerprint density at radius 2 is 2.35 bits per heavy atom. The van der Waals surface area contributed by atoms with Gasteiger partial charge in [-0.1, -0.05) is 19.1 Å². The van der Waals surface area contributed by atoms with E-state index in [1.165, 1.54) is 0 Å². The summed E-state index contributed by atoms with van der Waals surface area (Å²) in [5.41, 5.74) is 1.24. The summed E-state index contributed by atoms with van der Waals surface area (Å²) in [5.74, 6) is 0.509. The molecule has 0 bridgehead atoms. The molecule has 1 aromatic heterocycles. The minimum atomic E-state index is -0.378. The van der Waals surface area contributed by atoms with Crippen LogP contribution in [0.3, 0.4) is 0 Å². The fourth-order valence-electron chi connectivity index (χ4n) is 2.40. The number of carbonyl (C=O) groups excluding carboxylic acids is 1. The van der Waals surface area contributed by atoms with E-state index < -0.39 is 0 Å². The van der Waals surface area contributed by atoms with E-state index in [0.717, 1.165) is 38.3 Å². The number of rotatable bonds is 6. The number of ether oxygens (including phenoxy) is 2. The van der Waals surface area contributed by atoms with Gasteiger partial charge in [0.15, 0.2) is 5.69 Å². The molecule has 20 heavy (non-hydrogen) atoms. The van der Waals surface area contributed by atoms with Crippen LogP contribution in [0, 0.1) is 11.8 Å². The Balaban J connectivity index is 2.19. The average Bonchev–Trinajstić information content (AvgIpc) is 3.01. The smallest absolute Gasteiger partial charge is 0.360 e. The summed E-state index contributed by atoms with van der Waals surface area (Å²) in [6.07, 6.45) is 1.81. The highest BCUT2D eigenvalue weighted by molar-refractivity contribution is 5.88. The van der Waals surface area contributed by atoms with Crippen molar-refractivity contribution >= 4 is 5.97 Å². The molecular formula is C14H23N3O3. The average molecular weight is 281 g/mol. The third-order valence-electron chi connectivity index (χ3n) is 3.36. The largest absolute Gasteiger partial charge is 0.461 e. The van der Waals surface area contributed by atoms with Crippen LogP contribution in [0.15, 0.2) is 0 Å².